The van der Waals surface area contributed by atoms with Crippen LogP contribution in [-0.2, 0) is 6.18 Å². The summed E-state index contributed by atoms with van der Waals surface area (Å²) >= 11 is 0.781. The number of hydrogen-bond donors (Lipinski definition) is 1. The molecule has 140 valence electrons. The van der Waals surface area contributed by atoms with E-state index in [1.165, 1.54) is 25.5 Å². The third kappa shape index (κ3) is 4.43. The first-order valence-electron chi connectivity index (χ1n) is 7.64. The van der Waals surface area contributed by atoms with E-state index >= 15 is 0 Å². The van der Waals surface area contributed by atoms with Gasteiger partial charge in [-0.1, -0.05) is 35.6 Å². The molecule has 27 heavy (non-hydrogen) atoms. The number of para-hydroxylation sites is 1. The summed E-state index contributed by atoms with van der Waals surface area (Å²) in [5.41, 5.74) is 2.34. The predicted octanol–water partition coefficient (Wildman–Crippen LogP) is 5.42. The van der Waals surface area contributed by atoms with Crippen LogP contribution in [0.2, 0.25) is 0 Å². The second-order valence-electron chi connectivity index (χ2n) is 5.31. The van der Waals surface area contributed by atoms with Gasteiger partial charge in [-0.2, -0.15) is 18.3 Å². The van der Waals surface area contributed by atoms with E-state index in [-0.39, 0.29) is 15.6 Å². The van der Waals surface area contributed by atoms with Gasteiger partial charge in [0.05, 0.1) is 18.2 Å². The summed E-state index contributed by atoms with van der Waals surface area (Å²) in [4.78, 5) is 3.48. The highest BCUT2D eigenvalue weighted by atomic mass is 32.1. The molecule has 0 bridgehead atoms. The van der Waals surface area contributed by atoms with Gasteiger partial charge in [-0.15, -0.1) is 0 Å². The van der Waals surface area contributed by atoms with Crippen LogP contribution in [0.25, 0.3) is 10.4 Å². The Labute approximate surface area is 156 Å². The summed E-state index contributed by atoms with van der Waals surface area (Å²) in [5.74, 6) is 0.0433. The molecule has 9 heteroatoms. The van der Waals surface area contributed by atoms with E-state index < -0.39 is 17.7 Å². The maximum absolute atomic E-state index is 13.3. The molecule has 1 N–H and O–H groups in total. The monoisotopic (exact) mass is 395 g/mol. The molecule has 0 amide bonds. The third-order valence-corrected chi connectivity index (χ3v) is 4.51. The second kappa shape index (κ2) is 7.75. The van der Waals surface area contributed by atoms with E-state index in [9.17, 15) is 17.6 Å². The van der Waals surface area contributed by atoms with Crippen molar-refractivity contribution in [1.29, 1.82) is 0 Å². The van der Waals surface area contributed by atoms with E-state index in [2.05, 4.69) is 15.5 Å². The van der Waals surface area contributed by atoms with Crippen LogP contribution in [0.1, 0.15) is 11.3 Å². The SMILES string of the molecule is COc1ccccc1/C=N\Nc1nc(C(F)(F)F)c(-c2ccc(F)cc2)s1. The molecule has 3 rings (SSSR count). The average Bonchev–Trinajstić information content (AvgIpc) is 3.07. The van der Waals surface area contributed by atoms with Gasteiger partial charge in [0.15, 0.2) is 5.69 Å². The number of hydrogen-bond acceptors (Lipinski definition) is 5. The number of benzene rings is 2. The number of hydrazone groups is 1. The Morgan fingerprint density at radius 3 is 2.48 bits per heavy atom. The molecule has 4 nitrogen and oxygen atoms in total. The lowest BCUT2D eigenvalue weighted by atomic mass is 10.1. The molecule has 3 aromatic rings. The van der Waals surface area contributed by atoms with Gasteiger partial charge in [0.2, 0.25) is 5.13 Å². The van der Waals surface area contributed by atoms with Crippen LogP contribution < -0.4 is 10.2 Å². The van der Waals surface area contributed by atoms with Crippen LogP contribution in [0.15, 0.2) is 53.6 Å². The van der Waals surface area contributed by atoms with Gasteiger partial charge in [-0.25, -0.2) is 9.37 Å². The maximum atomic E-state index is 13.3. The van der Waals surface area contributed by atoms with Crippen LogP contribution in [0, 0.1) is 5.82 Å². The van der Waals surface area contributed by atoms with Gasteiger partial charge >= 0.3 is 6.18 Å². The van der Waals surface area contributed by atoms with Gasteiger partial charge in [0.1, 0.15) is 11.6 Å². The first-order chi connectivity index (χ1) is 12.9. The highest BCUT2D eigenvalue weighted by Crippen LogP contribution is 2.41. The molecule has 0 aliphatic carbocycles. The van der Waals surface area contributed by atoms with Crippen molar-refractivity contribution in [3.05, 3.63) is 65.6 Å². The van der Waals surface area contributed by atoms with Crippen molar-refractivity contribution in [2.24, 2.45) is 5.10 Å². The maximum Gasteiger partial charge on any atom is 0.434 e. The number of rotatable bonds is 5. The van der Waals surface area contributed by atoms with Crippen LogP contribution in [0.5, 0.6) is 5.75 Å². The number of thiazole rings is 1. The Balaban J connectivity index is 1.88. The van der Waals surface area contributed by atoms with Crippen molar-refractivity contribution in [3.63, 3.8) is 0 Å². The van der Waals surface area contributed by atoms with Gasteiger partial charge in [0, 0.05) is 5.56 Å². The number of halogens is 4. The lowest BCUT2D eigenvalue weighted by molar-refractivity contribution is -0.140. The summed E-state index contributed by atoms with van der Waals surface area (Å²) in [6.45, 7) is 0. The minimum Gasteiger partial charge on any atom is -0.496 e. The minimum atomic E-state index is -4.65. The predicted molar refractivity (Wildman–Crippen MR) is 96.7 cm³/mol. The molecule has 0 atom stereocenters. The Hall–Kier alpha value is -2.94. The zero-order valence-electron chi connectivity index (χ0n) is 13.9. The smallest absolute Gasteiger partial charge is 0.434 e. The van der Waals surface area contributed by atoms with Crippen molar-refractivity contribution in [2.75, 3.05) is 12.5 Å². The normalized spacial score (nSPS) is 11.7. The van der Waals surface area contributed by atoms with E-state index in [1.54, 1.807) is 24.3 Å². The molecule has 2 aromatic carbocycles. The lowest BCUT2D eigenvalue weighted by Crippen LogP contribution is -2.07. The van der Waals surface area contributed by atoms with Gasteiger partial charge in [-0.3, -0.25) is 5.43 Å². The topological polar surface area (TPSA) is 46.5 Å². The summed E-state index contributed by atoms with van der Waals surface area (Å²) in [5, 5.41) is 3.90. The summed E-state index contributed by atoms with van der Waals surface area (Å²) in [6, 6.07) is 11.8. The fourth-order valence-electron chi connectivity index (χ4n) is 2.29. The van der Waals surface area contributed by atoms with E-state index in [0.29, 0.717) is 11.3 Å². The number of anilines is 1. The molecule has 0 saturated carbocycles. The zero-order chi connectivity index (χ0) is 19.4. The third-order valence-electron chi connectivity index (χ3n) is 3.50. The number of nitrogens with zero attached hydrogens (tertiary/aromatic N) is 2. The molecule has 0 aliphatic rings. The average molecular weight is 395 g/mol. The van der Waals surface area contributed by atoms with E-state index in [0.717, 1.165) is 23.5 Å². The fraction of sp³-hybridized carbons (Fsp3) is 0.111. The largest absolute Gasteiger partial charge is 0.496 e. The van der Waals surface area contributed by atoms with Crippen molar-refractivity contribution in [1.82, 2.24) is 4.98 Å². The molecule has 0 aliphatic heterocycles. The first-order valence-corrected chi connectivity index (χ1v) is 8.46. The minimum absolute atomic E-state index is 0.0344. The van der Waals surface area contributed by atoms with Gasteiger partial charge in [-0.05, 0) is 29.8 Å². The molecule has 0 spiro atoms. The highest BCUT2D eigenvalue weighted by molar-refractivity contribution is 7.19. The van der Waals surface area contributed by atoms with Crippen LogP contribution in [-0.4, -0.2) is 18.3 Å². The Morgan fingerprint density at radius 2 is 1.81 bits per heavy atom. The van der Waals surface area contributed by atoms with Crippen molar-refractivity contribution in [3.8, 4) is 16.2 Å². The van der Waals surface area contributed by atoms with Crippen molar-refractivity contribution < 1.29 is 22.3 Å². The van der Waals surface area contributed by atoms with E-state index in [1.807, 2.05) is 0 Å². The number of alkyl halides is 3. The number of aromatic nitrogens is 1. The van der Waals surface area contributed by atoms with Crippen LogP contribution in [0.3, 0.4) is 0 Å². The molecule has 0 fully saturated rings. The van der Waals surface area contributed by atoms with Crippen LogP contribution in [0.4, 0.5) is 22.7 Å². The molecule has 1 heterocycles. The fourth-order valence-corrected chi connectivity index (χ4v) is 3.23. The van der Waals surface area contributed by atoms with Crippen molar-refractivity contribution in [2.45, 2.75) is 6.18 Å². The summed E-state index contributed by atoms with van der Waals surface area (Å²) in [7, 11) is 1.51. The van der Waals surface area contributed by atoms with Crippen LogP contribution >= 0.6 is 11.3 Å². The van der Waals surface area contributed by atoms with Gasteiger partial charge in [0.25, 0.3) is 0 Å². The first kappa shape index (κ1) is 18.8. The molecule has 1 aromatic heterocycles. The standard InChI is InChI=1S/C18H13F4N3OS/c1-26-14-5-3-2-4-12(14)10-23-25-17-24-16(18(20,21)22)15(27-17)11-6-8-13(19)9-7-11/h2-10H,1H3,(H,24,25)/b23-10-. The molecule has 0 radical (unpaired) electrons. The number of methoxy groups -OCH3 is 1. The number of nitrogens with one attached hydrogen (secondary N) is 1. The Kier molecular flexibility index (Phi) is 5.41. The molecular weight excluding hydrogens is 382 g/mol. The Morgan fingerprint density at radius 1 is 1.11 bits per heavy atom. The quantitative estimate of drug-likeness (QED) is 0.356. The Bertz CT molecular complexity index is 952. The lowest BCUT2D eigenvalue weighted by Gasteiger charge is -2.05. The zero-order valence-corrected chi connectivity index (χ0v) is 14.7. The molecule has 0 unspecified atom stereocenters. The number of ether oxygens (including phenoxy) is 1. The molecule has 0 saturated heterocycles. The second-order valence-corrected chi connectivity index (χ2v) is 6.31. The summed E-state index contributed by atoms with van der Waals surface area (Å²) in [6.07, 6.45) is -3.22. The van der Waals surface area contributed by atoms with Crippen molar-refractivity contribution >= 4 is 22.7 Å². The van der Waals surface area contributed by atoms with Gasteiger partial charge < -0.3 is 4.74 Å². The summed E-state index contributed by atoms with van der Waals surface area (Å²) < 4.78 is 58.1. The highest BCUT2D eigenvalue weighted by Gasteiger charge is 2.38. The molecular formula is C18H13F4N3OS. The van der Waals surface area contributed by atoms with E-state index in [4.69, 9.17) is 4.74 Å².